The van der Waals surface area contributed by atoms with E-state index in [0.717, 1.165) is 0 Å². The van der Waals surface area contributed by atoms with Crippen molar-refractivity contribution in [3.63, 3.8) is 0 Å². The van der Waals surface area contributed by atoms with Crippen LogP contribution in [0.25, 0.3) is 0 Å². The zero-order chi connectivity index (χ0) is 13.4. The van der Waals surface area contributed by atoms with Gasteiger partial charge >= 0.3 is 5.97 Å². The number of rotatable bonds is 4. The maximum atomic E-state index is 11.4. The van der Waals surface area contributed by atoms with Crippen LogP contribution in [0, 0.1) is 11.3 Å². The smallest absolute Gasteiger partial charge is 0.330 e. The predicted octanol–water partition coefficient (Wildman–Crippen LogP) is 1.62. The van der Waals surface area contributed by atoms with Gasteiger partial charge in [-0.05, 0) is 25.1 Å². The topological polar surface area (TPSA) is 79.2 Å². The molecule has 18 heavy (non-hydrogen) atoms. The quantitative estimate of drug-likeness (QED) is 0.644. The summed E-state index contributed by atoms with van der Waals surface area (Å²) in [5, 5.41) is 11.2. The molecule has 1 amide bonds. The number of ether oxygens (including phenoxy) is 1. The van der Waals surface area contributed by atoms with E-state index in [1.54, 1.807) is 25.1 Å². The Morgan fingerprint density at radius 3 is 2.94 bits per heavy atom. The number of hydrogen-bond acceptors (Lipinski definition) is 4. The number of benzene rings is 1. The predicted molar refractivity (Wildman–Crippen MR) is 65.6 cm³/mol. The average Bonchev–Trinajstić information content (AvgIpc) is 2.37. The molecule has 0 atom stereocenters. The van der Waals surface area contributed by atoms with E-state index in [4.69, 9.17) is 5.26 Å². The van der Waals surface area contributed by atoms with Crippen molar-refractivity contribution in [2.45, 2.75) is 6.92 Å². The fourth-order valence-electron chi connectivity index (χ4n) is 1.18. The lowest BCUT2D eigenvalue weighted by atomic mass is 10.2. The molecule has 0 saturated heterocycles. The monoisotopic (exact) mass is 244 g/mol. The summed E-state index contributed by atoms with van der Waals surface area (Å²) < 4.78 is 4.67. The first-order valence-electron chi connectivity index (χ1n) is 5.25. The first-order chi connectivity index (χ1) is 8.65. The SMILES string of the molecule is C/C=C/C(=O)OCC(=O)Nc1cccc(C#N)c1. The number of carbonyl (C=O) groups excluding carboxylic acids is 2. The van der Waals surface area contributed by atoms with Gasteiger partial charge in [0.05, 0.1) is 11.6 Å². The Morgan fingerprint density at radius 1 is 1.50 bits per heavy atom. The minimum absolute atomic E-state index is 0.361. The summed E-state index contributed by atoms with van der Waals surface area (Å²) >= 11 is 0. The normalized spacial score (nSPS) is 9.78. The molecule has 0 spiro atoms. The molecule has 0 aromatic heterocycles. The van der Waals surface area contributed by atoms with Gasteiger partial charge in [0.1, 0.15) is 0 Å². The van der Waals surface area contributed by atoms with Crippen LogP contribution in [-0.4, -0.2) is 18.5 Å². The average molecular weight is 244 g/mol. The number of nitrogens with zero attached hydrogens (tertiary/aromatic N) is 1. The zero-order valence-electron chi connectivity index (χ0n) is 9.84. The Balaban J connectivity index is 2.50. The van der Waals surface area contributed by atoms with E-state index in [9.17, 15) is 9.59 Å². The molecule has 0 unspecified atom stereocenters. The van der Waals surface area contributed by atoms with E-state index in [2.05, 4.69) is 10.1 Å². The lowest BCUT2D eigenvalue weighted by Gasteiger charge is -2.05. The minimum Gasteiger partial charge on any atom is -0.452 e. The summed E-state index contributed by atoms with van der Waals surface area (Å²) in [4.78, 5) is 22.4. The van der Waals surface area contributed by atoms with Gasteiger partial charge in [-0.2, -0.15) is 5.26 Å². The molecule has 1 rings (SSSR count). The molecule has 5 heteroatoms. The third-order valence-corrected chi connectivity index (χ3v) is 1.92. The van der Waals surface area contributed by atoms with Gasteiger partial charge in [-0.1, -0.05) is 12.1 Å². The second kappa shape index (κ2) is 6.86. The summed E-state index contributed by atoms with van der Waals surface area (Å²) in [6.07, 6.45) is 2.75. The Hall–Kier alpha value is -2.61. The maximum absolute atomic E-state index is 11.4. The minimum atomic E-state index is -0.571. The molecule has 92 valence electrons. The Bertz CT molecular complexity index is 515. The van der Waals surface area contributed by atoms with E-state index in [1.807, 2.05) is 6.07 Å². The van der Waals surface area contributed by atoms with Crippen LogP contribution in [0.15, 0.2) is 36.4 Å². The largest absolute Gasteiger partial charge is 0.452 e. The highest BCUT2D eigenvalue weighted by molar-refractivity contribution is 5.93. The molecule has 1 aromatic carbocycles. The van der Waals surface area contributed by atoms with Crippen molar-refractivity contribution in [2.24, 2.45) is 0 Å². The molecule has 1 aromatic rings. The Kier molecular flexibility index (Phi) is 5.13. The van der Waals surface area contributed by atoms with Gasteiger partial charge in [-0.3, -0.25) is 4.79 Å². The van der Waals surface area contributed by atoms with Gasteiger partial charge in [0.2, 0.25) is 0 Å². The molecule has 0 radical (unpaired) electrons. The number of nitriles is 1. The van der Waals surface area contributed by atoms with E-state index in [0.29, 0.717) is 11.3 Å². The third kappa shape index (κ3) is 4.49. The molecule has 0 aliphatic carbocycles. The summed E-state index contributed by atoms with van der Waals surface area (Å²) in [7, 11) is 0. The molecular formula is C13H12N2O3. The number of allylic oxidation sites excluding steroid dienone is 1. The van der Waals surface area contributed by atoms with Crippen LogP contribution in [0.5, 0.6) is 0 Å². The van der Waals surface area contributed by atoms with Crippen LogP contribution in [0.4, 0.5) is 5.69 Å². The standard InChI is InChI=1S/C13H12N2O3/c1-2-4-13(17)18-9-12(16)15-11-6-3-5-10(7-11)8-14/h2-7H,9H2,1H3,(H,15,16)/b4-2+. The van der Waals surface area contributed by atoms with Crippen molar-refractivity contribution >= 4 is 17.6 Å². The molecule has 1 N–H and O–H groups in total. The number of hydrogen-bond donors (Lipinski definition) is 1. The highest BCUT2D eigenvalue weighted by Crippen LogP contribution is 2.09. The summed E-state index contributed by atoms with van der Waals surface area (Å²) in [5.41, 5.74) is 0.930. The second-order valence-corrected chi connectivity index (χ2v) is 3.35. The molecule has 0 aliphatic heterocycles. The van der Waals surface area contributed by atoms with Crippen LogP contribution in [0.3, 0.4) is 0 Å². The van der Waals surface area contributed by atoms with Crippen LogP contribution < -0.4 is 5.32 Å². The molecule has 0 aliphatic rings. The zero-order valence-corrected chi connectivity index (χ0v) is 9.84. The van der Waals surface area contributed by atoms with Crippen molar-refractivity contribution in [3.05, 3.63) is 42.0 Å². The van der Waals surface area contributed by atoms with Crippen LogP contribution >= 0.6 is 0 Å². The number of amides is 1. The molecule has 0 fully saturated rings. The maximum Gasteiger partial charge on any atom is 0.330 e. The van der Waals surface area contributed by atoms with E-state index < -0.39 is 11.9 Å². The van der Waals surface area contributed by atoms with E-state index in [-0.39, 0.29) is 6.61 Å². The van der Waals surface area contributed by atoms with Crippen molar-refractivity contribution in [2.75, 3.05) is 11.9 Å². The summed E-state index contributed by atoms with van der Waals surface area (Å²) in [5.74, 6) is -1.03. The highest BCUT2D eigenvalue weighted by atomic mass is 16.5. The number of nitrogens with one attached hydrogen (secondary N) is 1. The fourth-order valence-corrected chi connectivity index (χ4v) is 1.18. The molecule has 0 bridgehead atoms. The molecule has 0 heterocycles. The molecular weight excluding hydrogens is 232 g/mol. The lowest BCUT2D eigenvalue weighted by Crippen LogP contribution is -2.20. The Labute approximate surface area is 105 Å². The number of esters is 1. The highest BCUT2D eigenvalue weighted by Gasteiger charge is 2.05. The van der Waals surface area contributed by atoms with E-state index in [1.165, 1.54) is 18.2 Å². The fraction of sp³-hybridized carbons (Fsp3) is 0.154. The van der Waals surface area contributed by atoms with Crippen LogP contribution in [0.2, 0.25) is 0 Å². The van der Waals surface area contributed by atoms with Gasteiger partial charge in [0.25, 0.3) is 5.91 Å². The number of carbonyl (C=O) groups is 2. The third-order valence-electron chi connectivity index (χ3n) is 1.92. The van der Waals surface area contributed by atoms with Crippen molar-refractivity contribution in [1.29, 1.82) is 5.26 Å². The van der Waals surface area contributed by atoms with Crippen LogP contribution in [0.1, 0.15) is 12.5 Å². The first-order valence-corrected chi connectivity index (χ1v) is 5.25. The van der Waals surface area contributed by atoms with Crippen molar-refractivity contribution < 1.29 is 14.3 Å². The Morgan fingerprint density at radius 2 is 2.28 bits per heavy atom. The van der Waals surface area contributed by atoms with Gasteiger partial charge in [-0.15, -0.1) is 0 Å². The van der Waals surface area contributed by atoms with Gasteiger partial charge in [0, 0.05) is 11.8 Å². The van der Waals surface area contributed by atoms with E-state index >= 15 is 0 Å². The number of anilines is 1. The van der Waals surface area contributed by atoms with Crippen LogP contribution in [-0.2, 0) is 14.3 Å². The molecule has 0 saturated carbocycles. The van der Waals surface area contributed by atoms with Crippen molar-refractivity contribution in [3.8, 4) is 6.07 Å². The van der Waals surface area contributed by atoms with Crippen molar-refractivity contribution in [1.82, 2.24) is 0 Å². The van der Waals surface area contributed by atoms with Gasteiger partial charge in [0.15, 0.2) is 6.61 Å². The summed E-state index contributed by atoms with van der Waals surface area (Å²) in [6.45, 7) is 1.31. The van der Waals surface area contributed by atoms with Gasteiger partial charge < -0.3 is 10.1 Å². The molecule has 5 nitrogen and oxygen atoms in total. The second-order valence-electron chi connectivity index (χ2n) is 3.35. The lowest BCUT2D eigenvalue weighted by molar-refractivity contribution is -0.142. The van der Waals surface area contributed by atoms with Gasteiger partial charge in [-0.25, -0.2) is 4.79 Å². The first kappa shape index (κ1) is 13.5. The summed E-state index contributed by atoms with van der Waals surface area (Å²) in [6, 6.07) is 8.42.